The lowest BCUT2D eigenvalue weighted by atomic mass is 9.97. The summed E-state index contributed by atoms with van der Waals surface area (Å²) in [5.74, 6) is 1.23. The number of hydrogen-bond donors (Lipinski definition) is 0. The Kier molecular flexibility index (Phi) is 23.4. The zero-order chi connectivity index (χ0) is 38.6. The summed E-state index contributed by atoms with van der Waals surface area (Å²) < 4.78 is 6.03. The lowest BCUT2D eigenvalue weighted by Gasteiger charge is -2.10. The van der Waals surface area contributed by atoms with Crippen LogP contribution in [0.25, 0.3) is 0 Å². The number of rotatable bonds is 32. The van der Waals surface area contributed by atoms with E-state index in [4.69, 9.17) is 4.74 Å². The number of carbonyl (C=O) groups is 1. The molecule has 0 amide bonds. The summed E-state index contributed by atoms with van der Waals surface area (Å²) in [5.41, 5.74) is 10.9. The van der Waals surface area contributed by atoms with Gasteiger partial charge in [-0.05, 0) is 162 Å². The lowest BCUT2D eigenvalue weighted by molar-refractivity contribution is -0.115. The molecule has 0 aliphatic heterocycles. The van der Waals surface area contributed by atoms with Gasteiger partial charge in [0, 0.05) is 6.42 Å². The van der Waals surface area contributed by atoms with Gasteiger partial charge in [-0.15, -0.1) is 6.58 Å². The first-order valence-electron chi connectivity index (χ1n) is 22.0. The van der Waals surface area contributed by atoms with Crippen LogP contribution in [0.1, 0.15) is 176 Å². The molecular weight excluding hydrogens is 657 g/mol. The molecule has 0 fully saturated rings. The third-order valence-electron chi connectivity index (χ3n) is 11.1. The molecule has 3 aromatic carbocycles. The van der Waals surface area contributed by atoms with Crippen LogP contribution >= 0.6 is 0 Å². The molecule has 0 bridgehead atoms. The smallest absolute Gasteiger partial charge is 0.157 e. The fourth-order valence-corrected chi connectivity index (χ4v) is 7.44. The second kappa shape index (κ2) is 28.1. The lowest BCUT2D eigenvalue weighted by Crippen LogP contribution is -1.98. The van der Waals surface area contributed by atoms with Gasteiger partial charge in [-0.25, -0.2) is 0 Å². The topological polar surface area (TPSA) is 26.3 Å². The first-order valence-corrected chi connectivity index (χ1v) is 22.0. The summed E-state index contributed by atoms with van der Waals surface area (Å²) in [7, 11) is 0. The van der Waals surface area contributed by atoms with Gasteiger partial charge in [0.15, 0.2) is 5.78 Å². The van der Waals surface area contributed by atoms with E-state index in [1.807, 2.05) is 6.92 Å². The van der Waals surface area contributed by atoms with Gasteiger partial charge in [0.2, 0.25) is 0 Å². The van der Waals surface area contributed by atoms with Crippen molar-refractivity contribution in [2.75, 3.05) is 6.61 Å². The third-order valence-corrected chi connectivity index (χ3v) is 11.1. The van der Waals surface area contributed by atoms with Crippen molar-refractivity contribution in [3.05, 3.63) is 124 Å². The highest BCUT2D eigenvalue weighted by Crippen LogP contribution is 2.20. The van der Waals surface area contributed by atoms with E-state index in [0.717, 1.165) is 38.0 Å². The van der Waals surface area contributed by atoms with Gasteiger partial charge >= 0.3 is 0 Å². The van der Waals surface area contributed by atoms with Crippen LogP contribution in [0.5, 0.6) is 5.75 Å². The summed E-state index contributed by atoms with van der Waals surface area (Å²) in [5, 5.41) is 0. The van der Waals surface area contributed by atoms with Crippen LogP contribution in [-0.2, 0) is 36.9 Å². The average Bonchev–Trinajstić information content (AvgIpc) is 3.16. The van der Waals surface area contributed by atoms with E-state index in [0.29, 0.717) is 12.0 Å². The van der Waals surface area contributed by atoms with Gasteiger partial charge in [0.25, 0.3) is 0 Å². The molecule has 0 atom stereocenters. The van der Waals surface area contributed by atoms with Crippen molar-refractivity contribution in [1.29, 1.82) is 0 Å². The molecule has 2 nitrogen and oxygen atoms in total. The van der Waals surface area contributed by atoms with Crippen molar-refractivity contribution in [3.63, 3.8) is 0 Å². The van der Waals surface area contributed by atoms with Crippen molar-refractivity contribution in [2.45, 2.75) is 181 Å². The van der Waals surface area contributed by atoms with Gasteiger partial charge in [-0.3, -0.25) is 4.79 Å². The Morgan fingerprint density at radius 2 is 0.889 bits per heavy atom. The second-order valence-electron chi connectivity index (χ2n) is 16.3. The molecule has 0 N–H and O–H groups in total. The fraction of sp³-hybridized carbons (Fsp3) is 0.558. The highest BCUT2D eigenvalue weighted by molar-refractivity contribution is 5.93. The largest absolute Gasteiger partial charge is 0.494 e. The van der Waals surface area contributed by atoms with E-state index in [2.05, 4.69) is 93.7 Å². The van der Waals surface area contributed by atoms with Crippen LogP contribution in [0.4, 0.5) is 0 Å². The SMILES string of the molecule is C=C(C)CCCCCCc1ccc(OCCCCCCc2ccc(CCCCCCCc3ccc(CCCCCCCC(=O)C(=C)C)cc3)c(C)c2)cc1. The minimum Gasteiger partial charge on any atom is -0.494 e. The highest BCUT2D eigenvalue weighted by atomic mass is 16.5. The molecular formula is C52H76O2. The minimum absolute atomic E-state index is 0.224. The number of aryl methyl sites for hydroxylation is 6. The average molecular weight is 733 g/mol. The predicted molar refractivity (Wildman–Crippen MR) is 235 cm³/mol. The van der Waals surface area contributed by atoms with E-state index < -0.39 is 0 Å². The van der Waals surface area contributed by atoms with Crippen LogP contribution in [0.3, 0.4) is 0 Å². The molecule has 3 aromatic rings. The summed E-state index contributed by atoms with van der Waals surface area (Å²) >= 11 is 0. The molecule has 0 aliphatic carbocycles. The Bertz CT molecular complexity index is 1460. The Hall–Kier alpha value is -3.39. The molecule has 296 valence electrons. The van der Waals surface area contributed by atoms with E-state index >= 15 is 0 Å². The first kappa shape index (κ1) is 45.0. The van der Waals surface area contributed by atoms with Gasteiger partial charge in [0.1, 0.15) is 5.75 Å². The molecule has 0 spiro atoms. The number of benzene rings is 3. The van der Waals surface area contributed by atoms with Crippen molar-refractivity contribution in [3.8, 4) is 5.75 Å². The van der Waals surface area contributed by atoms with Crippen LogP contribution < -0.4 is 4.74 Å². The molecule has 0 saturated heterocycles. The number of carbonyl (C=O) groups excluding carboxylic acids is 1. The van der Waals surface area contributed by atoms with E-state index in [9.17, 15) is 4.79 Å². The number of unbranched alkanes of at least 4 members (excludes halogenated alkanes) is 14. The normalized spacial score (nSPS) is 11.2. The van der Waals surface area contributed by atoms with Crippen molar-refractivity contribution in [2.24, 2.45) is 0 Å². The monoisotopic (exact) mass is 733 g/mol. The summed E-state index contributed by atoms with van der Waals surface area (Å²) in [6.07, 6.45) is 30.3. The summed E-state index contributed by atoms with van der Waals surface area (Å²) in [4.78, 5) is 11.6. The van der Waals surface area contributed by atoms with E-state index in [1.54, 1.807) is 0 Å². The van der Waals surface area contributed by atoms with Crippen molar-refractivity contribution >= 4 is 5.78 Å². The molecule has 0 aliphatic rings. The van der Waals surface area contributed by atoms with E-state index in [-0.39, 0.29) is 5.78 Å². The zero-order valence-corrected chi connectivity index (χ0v) is 35.0. The van der Waals surface area contributed by atoms with Crippen molar-refractivity contribution < 1.29 is 9.53 Å². The van der Waals surface area contributed by atoms with Gasteiger partial charge in [-0.2, -0.15) is 0 Å². The maximum atomic E-state index is 11.6. The Morgan fingerprint density at radius 3 is 1.39 bits per heavy atom. The van der Waals surface area contributed by atoms with E-state index in [1.165, 1.54) is 167 Å². The van der Waals surface area contributed by atoms with Crippen LogP contribution in [0.15, 0.2) is 91.0 Å². The molecule has 0 saturated carbocycles. The summed E-state index contributed by atoms with van der Waals surface area (Å²) in [6.45, 7) is 14.8. The number of Topliss-reactive ketones (excluding diaryl/α,β-unsaturated/α-hetero) is 1. The Balaban J connectivity index is 1.14. The Labute approximate surface area is 332 Å². The number of hydrogen-bond acceptors (Lipinski definition) is 2. The number of ether oxygens (including phenoxy) is 1. The molecule has 0 unspecified atom stereocenters. The van der Waals surface area contributed by atoms with Gasteiger partial charge < -0.3 is 4.74 Å². The van der Waals surface area contributed by atoms with Gasteiger partial charge in [0.05, 0.1) is 6.61 Å². The van der Waals surface area contributed by atoms with Gasteiger partial charge in [-0.1, -0.05) is 131 Å². The molecule has 2 heteroatoms. The van der Waals surface area contributed by atoms with Crippen molar-refractivity contribution in [1.82, 2.24) is 0 Å². The van der Waals surface area contributed by atoms with Crippen LogP contribution in [0.2, 0.25) is 0 Å². The molecule has 0 radical (unpaired) electrons. The maximum absolute atomic E-state index is 11.6. The second-order valence-corrected chi connectivity index (χ2v) is 16.3. The number of ketones is 1. The first-order chi connectivity index (χ1) is 26.3. The summed E-state index contributed by atoms with van der Waals surface area (Å²) in [6, 6.07) is 25.4. The highest BCUT2D eigenvalue weighted by Gasteiger charge is 2.04. The zero-order valence-electron chi connectivity index (χ0n) is 35.0. The predicted octanol–water partition coefficient (Wildman–Crippen LogP) is 15.0. The molecule has 3 rings (SSSR count). The maximum Gasteiger partial charge on any atom is 0.157 e. The van der Waals surface area contributed by atoms with Crippen LogP contribution in [0, 0.1) is 6.92 Å². The molecule has 0 heterocycles. The quantitative estimate of drug-likeness (QED) is 0.0363. The minimum atomic E-state index is 0.224. The number of allylic oxidation sites excluding steroid dienone is 2. The van der Waals surface area contributed by atoms with Crippen LogP contribution in [-0.4, -0.2) is 12.4 Å². The third kappa shape index (κ3) is 20.9. The molecule has 0 aromatic heterocycles. The molecule has 54 heavy (non-hydrogen) atoms. The standard InChI is InChI=1S/C52H76O2/c1-43(2)24-16-12-13-19-27-48-36-39-51(40-37-48)54-41-23-15-14-20-28-49-35-38-50(45(5)42-49)29-21-10-6-8-17-25-46-31-33-47(34-32-46)26-18-9-7-11-22-30-52(53)44(3)4/h31-40,42H,1,3,6-30,41H2,2,4-5H3. The fourth-order valence-electron chi connectivity index (χ4n) is 7.44. The Morgan fingerprint density at radius 1 is 0.481 bits per heavy atom.